The topological polar surface area (TPSA) is 104 Å². The molecule has 5 aliphatic carbocycles. The molecule has 1 aliphatic heterocycles. The molecule has 48 heavy (non-hydrogen) atoms. The molecule has 0 radical (unpaired) electrons. The average Bonchev–Trinajstić information content (AvgIpc) is 3.41. The van der Waals surface area contributed by atoms with Gasteiger partial charge in [0.25, 0.3) is 0 Å². The number of morpholine rings is 1. The van der Waals surface area contributed by atoms with Gasteiger partial charge in [-0.1, -0.05) is 66.2 Å². The maximum absolute atomic E-state index is 12.9. The number of ether oxygens (including phenoxy) is 1. The second kappa shape index (κ2) is 10.6. The number of carboxylic acid groups (broad SMARTS) is 1. The Morgan fingerprint density at radius 3 is 2.38 bits per heavy atom. The predicted molar refractivity (Wildman–Crippen MR) is 192 cm³/mol. The zero-order valence-corrected chi connectivity index (χ0v) is 30.4. The third-order valence-electron chi connectivity index (χ3n) is 15.7. The number of nitrogen functional groups attached to an aromatic ring is 1. The molecule has 8 rings (SSSR count). The summed E-state index contributed by atoms with van der Waals surface area (Å²) < 4.78 is 5.65. The van der Waals surface area contributed by atoms with Gasteiger partial charge in [-0.3, -0.25) is 9.89 Å². The molecule has 3 unspecified atom stereocenters. The van der Waals surface area contributed by atoms with E-state index in [9.17, 15) is 9.90 Å². The van der Waals surface area contributed by atoms with Gasteiger partial charge in [-0.25, -0.2) is 0 Å². The van der Waals surface area contributed by atoms with Crippen LogP contribution in [0, 0.1) is 51.2 Å². The molecule has 3 saturated carbocycles. The Morgan fingerprint density at radius 1 is 0.979 bits per heavy atom. The van der Waals surface area contributed by atoms with Gasteiger partial charge >= 0.3 is 5.97 Å². The van der Waals surface area contributed by atoms with Gasteiger partial charge in [-0.05, 0) is 120 Å². The second-order valence-corrected chi connectivity index (χ2v) is 18.8. The molecule has 4 fully saturated rings. The lowest BCUT2D eigenvalue weighted by molar-refractivity contribution is -0.161. The Hall–Kier alpha value is -2.80. The fourth-order valence-corrected chi connectivity index (χ4v) is 13.4. The highest BCUT2D eigenvalue weighted by Gasteiger charge is 2.68. The first-order valence-electron chi connectivity index (χ1n) is 18.8. The van der Waals surface area contributed by atoms with E-state index in [2.05, 4.69) is 87.8 Å². The van der Waals surface area contributed by atoms with Gasteiger partial charge in [0.2, 0.25) is 0 Å². The smallest absolute Gasteiger partial charge is 0.306 e. The van der Waals surface area contributed by atoms with Crippen LogP contribution in [-0.4, -0.2) is 47.6 Å². The van der Waals surface area contributed by atoms with Crippen molar-refractivity contribution in [2.45, 2.75) is 105 Å². The molecule has 4 N–H and O–H groups in total. The minimum absolute atomic E-state index is 0.00783. The first kappa shape index (κ1) is 32.4. The van der Waals surface area contributed by atoms with E-state index in [1.54, 1.807) is 5.57 Å². The maximum atomic E-state index is 12.9. The normalized spacial score (nSPS) is 39.8. The van der Waals surface area contributed by atoms with Crippen LogP contribution < -0.4 is 10.6 Å². The molecule has 6 aliphatic rings. The SMILES string of the molecule is CC1(C)CC2C3=C(c4ccc(N5CCOCC5)cc4)CC4[C@@]5(C)Cc6c(N)n[nH]c6C(C)(C)C5CC[C@@]4(C)[C@]3(C)CC[C@@H]2[C@H](C(=O)O)C1. The zero-order valence-electron chi connectivity index (χ0n) is 30.4. The van der Waals surface area contributed by atoms with Gasteiger partial charge in [-0.2, -0.15) is 5.10 Å². The van der Waals surface area contributed by atoms with Gasteiger partial charge in [0.15, 0.2) is 0 Å². The minimum Gasteiger partial charge on any atom is -0.481 e. The van der Waals surface area contributed by atoms with Gasteiger partial charge in [-0.15, -0.1) is 0 Å². The number of nitrogens with zero attached hydrogens (tertiary/aromatic N) is 2. The number of allylic oxidation sites excluding steroid dienone is 2. The van der Waals surface area contributed by atoms with Crippen molar-refractivity contribution in [1.82, 2.24) is 10.2 Å². The molecule has 0 bridgehead atoms. The third-order valence-corrected chi connectivity index (χ3v) is 15.7. The number of anilines is 2. The number of benzene rings is 1. The summed E-state index contributed by atoms with van der Waals surface area (Å²) in [7, 11) is 0. The van der Waals surface area contributed by atoms with Gasteiger partial charge in [0, 0.05) is 35.4 Å². The average molecular weight is 655 g/mol. The quantitative estimate of drug-likeness (QED) is 0.309. The van der Waals surface area contributed by atoms with Crippen molar-refractivity contribution in [2.24, 2.45) is 51.2 Å². The number of fused-ring (bicyclic) bond motifs is 8. The molecule has 7 nitrogen and oxygen atoms in total. The number of H-pyrrole nitrogens is 1. The summed E-state index contributed by atoms with van der Waals surface area (Å²) in [4.78, 5) is 15.3. The monoisotopic (exact) mass is 654 g/mol. The first-order chi connectivity index (χ1) is 22.6. The Morgan fingerprint density at radius 2 is 1.69 bits per heavy atom. The predicted octanol–water partition coefficient (Wildman–Crippen LogP) is 8.11. The van der Waals surface area contributed by atoms with Crippen LogP contribution in [0.4, 0.5) is 11.5 Å². The van der Waals surface area contributed by atoms with E-state index in [0.29, 0.717) is 23.6 Å². The van der Waals surface area contributed by atoms with Crippen LogP contribution in [0.15, 0.2) is 29.8 Å². The van der Waals surface area contributed by atoms with E-state index in [-0.39, 0.29) is 38.9 Å². The summed E-state index contributed by atoms with van der Waals surface area (Å²) in [6.45, 7) is 20.7. The molecule has 2 heterocycles. The maximum Gasteiger partial charge on any atom is 0.306 e. The minimum atomic E-state index is -0.593. The Balaban J connectivity index is 1.31. The largest absolute Gasteiger partial charge is 0.481 e. The highest BCUT2D eigenvalue weighted by atomic mass is 16.5. The number of aliphatic carboxylic acids is 1. The number of aromatic nitrogens is 2. The summed E-state index contributed by atoms with van der Waals surface area (Å²) in [6, 6.07) is 9.44. The van der Waals surface area contributed by atoms with Gasteiger partial charge in [0.1, 0.15) is 5.82 Å². The van der Waals surface area contributed by atoms with E-state index in [1.165, 1.54) is 40.9 Å². The molecule has 2 aromatic rings. The fourth-order valence-electron chi connectivity index (χ4n) is 13.4. The lowest BCUT2D eigenvalue weighted by atomic mass is 9.33. The van der Waals surface area contributed by atoms with Crippen molar-refractivity contribution in [3.05, 3.63) is 46.7 Å². The Kier molecular flexibility index (Phi) is 7.16. The number of hydrogen-bond donors (Lipinski definition) is 3. The Labute approximate surface area is 287 Å². The van der Waals surface area contributed by atoms with Crippen molar-refractivity contribution in [3.63, 3.8) is 0 Å². The molecule has 260 valence electrons. The fraction of sp³-hybridized carbons (Fsp3) is 0.707. The number of nitrogens with two attached hydrogens (primary N) is 1. The molecule has 1 aromatic heterocycles. The van der Waals surface area contributed by atoms with E-state index < -0.39 is 5.97 Å². The van der Waals surface area contributed by atoms with E-state index >= 15 is 0 Å². The van der Waals surface area contributed by atoms with Crippen LogP contribution in [0.5, 0.6) is 0 Å². The van der Waals surface area contributed by atoms with Crippen LogP contribution in [0.3, 0.4) is 0 Å². The second-order valence-electron chi connectivity index (χ2n) is 18.8. The van der Waals surface area contributed by atoms with Gasteiger partial charge < -0.3 is 20.5 Å². The molecule has 7 heteroatoms. The van der Waals surface area contributed by atoms with Crippen molar-refractivity contribution in [3.8, 4) is 0 Å². The van der Waals surface area contributed by atoms with E-state index in [0.717, 1.165) is 64.8 Å². The molecular formula is C41H58N4O3. The molecule has 1 saturated heterocycles. The third kappa shape index (κ3) is 4.40. The first-order valence-corrected chi connectivity index (χ1v) is 18.8. The number of hydrogen-bond acceptors (Lipinski definition) is 5. The molecule has 0 amide bonds. The standard InChI is InChI=1S/C41H58N4O3/c1-37(2)21-28-26(29(22-37)36(46)47)12-14-41(7)33(28)27(24-8-10-25(11-9-24)45-16-18-48-19-17-45)20-32-39(5)23-30-34(43-44-35(30)42)38(3,4)31(39)13-15-40(32,41)6/h8-11,26,28-29,31-32H,12-23H2,1-7H3,(H,46,47)(H3,42,43,44)/t26-,28?,29+,31?,32?,39-,40+,41+/m0/s1. The molecule has 0 spiro atoms. The van der Waals surface area contributed by atoms with Crippen LogP contribution in [-0.2, 0) is 21.4 Å². The van der Waals surface area contributed by atoms with E-state index in [4.69, 9.17) is 10.5 Å². The summed E-state index contributed by atoms with van der Waals surface area (Å²) >= 11 is 0. The van der Waals surface area contributed by atoms with Crippen molar-refractivity contribution in [1.29, 1.82) is 0 Å². The molecule has 1 aromatic carbocycles. The van der Waals surface area contributed by atoms with Crippen molar-refractivity contribution in [2.75, 3.05) is 36.9 Å². The van der Waals surface area contributed by atoms with Crippen molar-refractivity contribution < 1.29 is 14.6 Å². The summed E-state index contributed by atoms with van der Waals surface area (Å²) in [6.07, 6.45) is 8.33. The zero-order chi connectivity index (χ0) is 34.0. The van der Waals surface area contributed by atoms with Gasteiger partial charge in [0.05, 0.1) is 19.1 Å². The number of carboxylic acids is 1. The number of carbonyl (C=O) groups is 1. The number of rotatable bonds is 3. The number of aromatic amines is 1. The highest BCUT2D eigenvalue weighted by Crippen LogP contribution is 2.76. The van der Waals surface area contributed by atoms with Crippen LogP contribution in [0.25, 0.3) is 5.57 Å². The summed E-state index contributed by atoms with van der Waals surface area (Å²) in [5.41, 5.74) is 14.9. The van der Waals surface area contributed by atoms with E-state index in [1.807, 2.05) is 0 Å². The Bertz CT molecular complexity index is 1650. The van der Waals surface area contributed by atoms with Crippen LogP contribution in [0.1, 0.15) is 110 Å². The van der Waals surface area contributed by atoms with Crippen molar-refractivity contribution >= 4 is 23.0 Å². The lowest BCUT2D eigenvalue weighted by Gasteiger charge is -2.70. The number of nitrogens with one attached hydrogen (secondary N) is 1. The lowest BCUT2D eigenvalue weighted by Crippen LogP contribution is -2.64. The highest BCUT2D eigenvalue weighted by molar-refractivity contribution is 5.76. The summed E-state index contributed by atoms with van der Waals surface area (Å²) in [5.74, 6) is 1.29. The molecule has 8 atom stereocenters. The summed E-state index contributed by atoms with van der Waals surface area (Å²) in [5, 5.41) is 18.5. The van der Waals surface area contributed by atoms with Crippen LogP contribution in [0.2, 0.25) is 0 Å². The molecular weight excluding hydrogens is 596 g/mol. The van der Waals surface area contributed by atoms with Crippen LogP contribution >= 0.6 is 0 Å².